The van der Waals surface area contributed by atoms with E-state index < -0.39 is 5.82 Å². The Kier molecular flexibility index (Phi) is 8.85. The molecule has 0 atom stereocenters. The van der Waals surface area contributed by atoms with E-state index in [0.717, 1.165) is 10.5 Å². The molecule has 2 amide bonds. The second-order valence-electron chi connectivity index (χ2n) is 8.24. The third kappa shape index (κ3) is 6.51. The van der Waals surface area contributed by atoms with E-state index in [-0.39, 0.29) is 18.4 Å². The molecule has 0 radical (unpaired) electrons. The summed E-state index contributed by atoms with van der Waals surface area (Å²) in [7, 11) is 0. The molecule has 0 bridgehead atoms. The van der Waals surface area contributed by atoms with Gasteiger partial charge in [-0.2, -0.15) is 0 Å². The Hall–Kier alpha value is -3.78. The van der Waals surface area contributed by atoms with Gasteiger partial charge in [0.1, 0.15) is 12.4 Å². The molecule has 1 aliphatic heterocycles. The third-order valence-electron chi connectivity index (χ3n) is 5.67. The molecular formula is C29H29FN2O4S. The SMILES string of the molecule is CCOc1ccc(CCNC(=O)CN2C(=O)/C(=C/c3ccccc3F)Sc3ccccc32)cc1OCC. The van der Waals surface area contributed by atoms with Crippen LogP contribution in [0.3, 0.4) is 0 Å². The summed E-state index contributed by atoms with van der Waals surface area (Å²) in [6, 6.07) is 19.4. The first-order valence-corrected chi connectivity index (χ1v) is 13.0. The summed E-state index contributed by atoms with van der Waals surface area (Å²) >= 11 is 1.27. The summed E-state index contributed by atoms with van der Waals surface area (Å²) in [4.78, 5) is 28.8. The van der Waals surface area contributed by atoms with Gasteiger partial charge in [0.15, 0.2) is 11.5 Å². The zero-order chi connectivity index (χ0) is 26.2. The lowest BCUT2D eigenvalue weighted by atomic mass is 10.1. The van der Waals surface area contributed by atoms with Crippen LogP contribution in [-0.2, 0) is 16.0 Å². The van der Waals surface area contributed by atoms with E-state index in [4.69, 9.17) is 9.47 Å². The highest BCUT2D eigenvalue weighted by molar-refractivity contribution is 8.04. The fourth-order valence-corrected chi connectivity index (χ4v) is 5.00. The van der Waals surface area contributed by atoms with Crippen LogP contribution in [0.15, 0.2) is 76.5 Å². The van der Waals surface area contributed by atoms with Gasteiger partial charge in [-0.05, 0) is 62.2 Å². The summed E-state index contributed by atoms with van der Waals surface area (Å²) in [5.74, 6) is 0.339. The smallest absolute Gasteiger partial charge is 0.265 e. The normalized spacial score (nSPS) is 13.9. The molecule has 37 heavy (non-hydrogen) atoms. The second-order valence-corrected chi connectivity index (χ2v) is 9.32. The molecule has 0 unspecified atom stereocenters. The highest BCUT2D eigenvalue weighted by Gasteiger charge is 2.30. The van der Waals surface area contributed by atoms with Gasteiger partial charge in [0.05, 0.1) is 23.8 Å². The van der Waals surface area contributed by atoms with Gasteiger partial charge in [0, 0.05) is 17.0 Å². The molecule has 3 aromatic rings. The Morgan fingerprint density at radius 2 is 1.73 bits per heavy atom. The number of para-hydroxylation sites is 1. The van der Waals surface area contributed by atoms with E-state index in [0.29, 0.717) is 53.8 Å². The predicted octanol–water partition coefficient (Wildman–Crippen LogP) is 5.46. The van der Waals surface area contributed by atoms with Gasteiger partial charge >= 0.3 is 0 Å². The molecule has 1 aliphatic rings. The van der Waals surface area contributed by atoms with Crippen molar-refractivity contribution in [1.29, 1.82) is 0 Å². The molecule has 192 valence electrons. The lowest BCUT2D eigenvalue weighted by Crippen LogP contribution is -2.43. The van der Waals surface area contributed by atoms with Crippen molar-refractivity contribution in [3.8, 4) is 11.5 Å². The Morgan fingerprint density at radius 1 is 1.00 bits per heavy atom. The fraction of sp³-hybridized carbons (Fsp3) is 0.241. The lowest BCUT2D eigenvalue weighted by Gasteiger charge is -2.29. The quantitative estimate of drug-likeness (QED) is 0.360. The summed E-state index contributed by atoms with van der Waals surface area (Å²) in [6.07, 6.45) is 2.13. The van der Waals surface area contributed by atoms with Crippen molar-refractivity contribution >= 4 is 35.3 Å². The maximum Gasteiger partial charge on any atom is 0.265 e. The minimum atomic E-state index is -0.409. The van der Waals surface area contributed by atoms with Crippen LogP contribution in [0.2, 0.25) is 0 Å². The van der Waals surface area contributed by atoms with Crippen molar-refractivity contribution in [3.05, 3.63) is 88.6 Å². The molecule has 1 heterocycles. The number of thioether (sulfide) groups is 1. The van der Waals surface area contributed by atoms with Gasteiger partial charge < -0.3 is 14.8 Å². The fourth-order valence-electron chi connectivity index (χ4n) is 3.95. The largest absolute Gasteiger partial charge is 0.490 e. The van der Waals surface area contributed by atoms with E-state index in [1.165, 1.54) is 28.8 Å². The van der Waals surface area contributed by atoms with Gasteiger partial charge in [-0.3, -0.25) is 14.5 Å². The second kappa shape index (κ2) is 12.5. The van der Waals surface area contributed by atoms with E-state index in [1.807, 2.05) is 56.3 Å². The van der Waals surface area contributed by atoms with Gasteiger partial charge in [-0.15, -0.1) is 0 Å². The number of nitrogens with zero attached hydrogens (tertiary/aromatic N) is 1. The number of fused-ring (bicyclic) bond motifs is 1. The van der Waals surface area contributed by atoms with Crippen molar-refractivity contribution in [3.63, 3.8) is 0 Å². The first-order valence-electron chi connectivity index (χ1n) is 12.2. The lowest BCUT2D eigenvalue weighted by molar-refractivity contribution is -0.122. The number of nitrogens with one attached hydrogen (secondary N) is 1. The highest BCUT2D eigenvalue weighted by atomic mass is 32.2. The Bertz CT molecular complexity index is 1310. The third-order valence-corrected chi connectivity index (χ3v) is 6.75. The van der Waals surface area contributed by atoms with Gasteiger partial charge in [0.25, 0.3) is 5.91 Å². The first kappa shape index (κ1) is 26.3. The zero-order valence-corrected chi connectivity index (χ0v) is 21.6. The molecule has 3 aromatic carbocycles. The Balaban J connectivity index is 1.44. The molecule has 1 N–H and O–H groups in total. The first-order chi connectivity index (χ1) is 18.0. The number of hydrogen-bond donors (Lipinski definition) is 1. The molecule has 0 aliphatic carbocycles. The van der Waals surface area contributed by atoms with E-state index in [2.05, 4.69) is 5.32 Å². The summed E-state index contributed by atoms with van der Waals surface area (Å²) < 4.78 is 25.5. The van der Waals surface area contributed by atoms with Crippen molar-refractivity contribution in [2.24, 2.45) is 0 Å². The minimum absolute atomic E-state index is 0.140. The number of ether oxygens (including phenoxy) is 2. The average molecular weight is 521 g/mol. The van der Waals surface area contributed by atoms with Crippen LogP contribution in [0.25, 0.3) is 6.08 Å². The number of anilines is 1. The number of halogens is 1. The van der Waals surface area contributed by atoms with Crippen LogP contribution >= 0.6 is 11.8 Å². The molecule has 0 aromatic heterocycles. The standard InChI is InChI=1S/C29H29FN2O4S/c1-3-35-24-14-13-20(17-25(24)36-4-2)15-16-31-28(33)19-32-23-11-7-8-12-26(23)37-27(29(32)34)18-21-9-5-6-10-22(21)30/h5-14,17-18H,3-4,15-16,19H2,1-2H3,(H,31,33)/b27-18-. The zero-order valence-electron chi connectivity index (χ0n) is 20.8. The van der Waals surface area contributed by atoms with Crippen LogP contribution in [0.4, 0.5) is 10.1 Å². The number of carbonyl (C=O) groups is 2. The van der Waals surface area contributed by atoms with Crippen LogP contribution in [-0.4, -0.2) is 38.1 Å². The van der Waals surface area contributed by atoms with E-state index in [1.54, 1.807) is 18.2 Å². The van der Waals surface area contributed by atoms with Gasteiger partial charge in [0.2, 0.25) is 5.91 Å². The molecule has 0 fully saturated rings. The predicted molar refractivity (Wildman–Crippen MR) is 145 cm³/mol. The Morgan fingerprint density at radius 3 is 2.51 bits per heavy atom. The summed E-state index contributed by atoms with van der Waals surface area (Å²) in [5, 5.41) is 2.90. The molecule has 8 heteroatoms. The molecule has 6 nitrogen and oxygen atoms in total. The molecule has 0 saturated heterocycles. The average Bonchev–Trinajstić information content (AvgIpc) is 2.89. The molecular weight excluding hydrogens is 491 g/mol. The molecule has 0 saturated carbocycles. The number of amides is 2. The number of carbonyl (C=O) groups excluding carboxylic acids is 2. The molecule has 4 rings (SSSR count). The van der Waals surface area contributed by atoms with Crippen LogP contribution < -0.4 is 19.7 Å². The van der Waals surface area contributed by atoms with Gasteiger partial charge in [-0.25, -0.2) is 4.39 Å². The van der Waals surface area contributed by atoms with Gasteiger partial charge in [-0.1, -0.05) is 48.2 Å². The number of hydrogen-bond acceptors (Lipinski definition) is 5. The molecule has 0 spiro atoms. The van der Waals surface area contributed by atoms with Crippen molar-refractivity contribution in [2.45, 2.75) is 25.2 Å². The maximum absolute atomic E-state index is 14.2. The minimum Gasteiger partial charge on any atom is -0.490 e. The Labute approximate surface area is 220 Å². The van der Waals surface area contributed by atoms with E-state index in [9.17, 15) is 14.0 Å². The number of rotatable bonds is 10. The topological polar surface area (TPSA) is 67.9 Å². The van der Waals surface area contributed by atoms with Crippen molar-refractivity contribution in [1.82, 2.24) is 5.32 Å². The van der Waals surface area contributed by atoms with Crippen LogP contribution in [0.5, 0.6) is 11.5 Å². The van der Waals surface area contributed by atoms with Crippen LogP contribution in [0.1, 0.15) is 25.0 Å². The van der Waals surface area contributed by atoms with Crippen molar-refractivity contribution < 1.29 is 23.5 Å². The number of benzene rings is 3. The summed E-state index contributed by atoms with van der Waals surface area (Å²) in [6.45, 7) is 5.16. The monoisotopic (exact) mass is 520 g/mol. The van der Waals surface area contributed by atoms with Crippen LogP contribution in [0, 0.1) is 5.82 Å². The van der Waals surface area contributed by atoms with E-state index >= 15 is 0 Å². The maximum atomic E-state index is 14.2. The highest BCUT2D eigenvalue weighted by Crippen LogP contribution is 2.42. The van der Waals surface area contributed by atoms with Crippen molar-refractivity contribution in [2.75, 3.05) is 31.2 Å². The summed E-state index contributed by atoms with van der Waals surface area (Å²) in [5.41, 5.74) is 1.98.